The molecule has 0 aromatic heterocycles. The zero-order chi connectivity index (χ0) is 9.84. The monoisotopic (exact) mass is 180 g/mol. The molecule has 0 radical (unpaired) electrons. The average molecular weight is 180 g/mol. The topological polar surface area (TPSA) is 61.2 Å². The van der Waals surface area contributed by atoms with Crippen molar-refractivity contribution in [1.29, 1.82) is 5.41 Å². The van der Waals surface area contributed by atoms with Gasteiger partial charge in [-0.15, -0.1) is 0 Å². The van der Waals surface area contributed by atoms with Gasteiger partial charge in [-0.05, 0) is 6.42 Å². The van der Waals surface area contributed by atoms with Gasteiger partial charge in [0.25, 0.3) is 11.8 Å². The first-order valence-corrected chi connectivity index (χ1v) is 4.30. The summed E-state index contributed by atoms with van der Waals surface area (Å²) in [5.41, 5.74) is 0. The molecule has 0 aromatic carbocycles. The number of carbonyl (C=O) groups excluding carboxylic acids is 2. The van der Waals surface area contributed by atoms with Crippen LogP contribution >= 0.6 is 0 Å². The Morgan fingerprint density at radius 3 is 2.38 bits per heavy atom. The molecule has 0 unspecified atom stereocenters. The molecule has 2 amide bonds. The fourth-order valence-corrected chi connectivity index (χ4v) is 1.12. The van der Waals surface area contributed by atoms with Crippen LogP contribution in [0.25, 0.3) is 0 Å². The predicted molar refractivity (Wildman–Crippen MR) is 48.2 cm³/mol. The molecule has 0 aromatic rings. The normalized spacial score (nSPS) is 15.6. The molecule has 13 heavy (non-hydrogen) atoms. The smallest absolute Gasteiger partial charge is 0.259 e. The van der Waals surface area contributed by atoms with E-state index >= 15 is 0 Å². The second kappa shape index (κ2) is 3.98. The van der Waals surface area contributed by atoms with Crippen LogP contribution in [-0.4, -0.2) is 22.5 Å². The van der Waals surface area contributed by atoms with Crippen molar-refractivity contribution in [3.8, 4) is 0 Å². The summed E-state index contributed by atoms with van der Waals surface area (Å²) in [5, 5.41) is 7.49. The molecule has 0 atom stereocenters. The summed E-state index contributed by atoms with van der Waals surface area (Å²) >= 11 is 0. The van der Waals surface area contributed by atoms with Gasteiger partial charge in [0.15, 0.2) is 0 Å². The second-order valence-corrected chi connectivity index (χ2v) is 2.90. The van der Waals surface area contributed by atoms with Gasteiger partial charge in [-0.25, -0.2) is 4.90 Å². The van der Waals surface area contributed by atoms with E-state index in [1.165, 1.54) is 12.2 Å². The first kappa shape index (κ1) is 9.64. The molecule has 0 saturated carbocycles. The lowest BCUT2D eigenvalue weighted by atomic mass is 10.2. The molecule has 0 saturated heterocycles. The first-order valence-electron chi connectivity index (χ1n) is 4.30. The maximum atomic E-state index is 11.1. The molecule has 1 aliphatic heterocycles. The van der Waals surface area contributed by atoms with Gasteiger partial charge in [-0.1, -0.05) is 13.3 Å². The van der Waals surface area contributed by atoms with Gasteiger partial charge in [0, 0.05) is 18.6 Å². The maximum absolute atomic E-state index is 11.1. The Hall–Kier alpha value is -1.45. The van der Waals surface area contributed by atoms with E-state index in [1.807, 2.05) is 6.92 Å². The molecule has 0 aliphatic carbocycles. The average Bonchev–Trinajstić information content (AvgIpc) is 2.42. The molecule has 0 bridgehead atoms. The lowest BCUT2D eigenvalue weighted by molar-refractivity contribution is -0.132. The number of nitrogens with one attached hydrogen (secondary N) is 1. The predicted octanol–water partition coefficient (Wildman–Crippen LogP) is 1.08. The van der Waals surface area contributed by atoms with Crippen LogP contribution in [0.1, 0.15) is 26.2 Å². The maximum Gasteiger partial charge on any atom is 0.259 e. The second-order valence-electron chi connectivity index (χ2n) is 2.90. The number of imide groups is 1. The van der Waals surface area contributed by atoms with Crippen LogP contribution in [0.5, 0.6) is 0 Å². The van der Waals surface area contributed by atoms with E-state index in [1.54, 1.807) is 0 Å². The van der Waals surface area contributed by atoms with Gasteiger partial charge in [-0.3, -0.25) is 15.0 Å². The molecule has 4 nitrogen and oxygen atoms in total. The zero-order valence-electron chi connectivity index (χ0n) is 7.54. The summed E-state index contributed by atoms with van der Waals surface area (Å²) in [6.45, 7) is 2.00. The molecule has 4 heteroatoms. The highest BCUT2D eigenvalue weighted by molar-refractivity contribution is 6.23. The van der Waals surface area contributed by atoms with E-state index < -0.39 is 11.8 Å². The third-order valence-electron chi connectivity index (χ3n) is 1.85. The number of amides is 2. The van der Waals surface area contributed by atoms with E-state index in [0.717, 1.165) is 17.7 Å². The van der Waals surface area contributed by atoms with Crippen LogP contribution in [0.3, 0.4) is 0 Å². The Bertz CT molecular complexity index is 263. The highest BCUT2D eigenvalue weighted by atomic mass is 16.2. The van der Waals surface area contributed by atoms with E-state index in [2.05, 4.69) is 0 Å². The fraction of sp³-hybridized carbons (Fsp3) is 0.444. The van der Waals surface area contributed by atoms with Crippen molar-refractivity contribution in [2.24, 2.45) is 0 Å². The lowest BCUT2D eigenvalue weighted by Crippen LogP contribution is -2.35. The number of amidine groups is 1. The zero-order valence-corrected chi connectivity index (χ0v) is 7.54. The standard InChI is InChI=1S/C9H12N2O2/c1-2-3-4-7(10)11-8(12)5-6-9(11)13/h5-6,10H,2-4H2,1H3. The third-order valence-corrected chi connectivity index (χ3v) is 1.85. The van der Waals surface area contributed by atoms with Crippen LogP contribution < -0.4 is 0 Å². The fourth-order valence-electron chi connectivity index (χ4n) is 1.12. The Morgan fingerprint density at radius 2 is 1.92 bits per heavy atom. The van der Waals surface area contributed by atoms with Gasteiger partial charge in [0.05, 0.1) is 0 Å². The minimum atomic E-state index is -0.397. The molecule has 70 valence electrons. The molecular formula is C9H12N2O2. The number of nitrogens with zero attached hydrogens (tertiary/aromatic N) is 1. The Morgan fingerprint density at radius 1 is 1.38 bits per heavy atom. The SMILES string of the molecule is CCCCC(=N)N1C(=O)C=CC1=O. The van der Waals surface area contributed by atoms with Crippen molar-refractivity contribution in [3.05, 3.63) is 12.2 Å². The van der Waals surface area contributed by atoms with E-state index in [-0.39, 0.29) is 5.84 Å². The van der Waals surface area contributed by atoms with E-state index in [4.69, 9.17) is 5.41 Å². The minimum absolute atomic E-state index is 0.0989. The number of hydrogen-bond acceptors (Lipinski definition) is 3. The highest BCUT2D eigenvalue weighted by Gasteiger charge is 2.26. The van der Waals surface area contributed by atoms with Gasteiger partial charge < -0.3 is 0 Å². The number of carbonyl (C=O) groups is 2. The summed E-state index contributed by atoms with van der Waals surface area (Å²) in [6, 6.07) is 0. The van der Waals surface area contributed by atoms with Crippen molar-refractivity contribution in [3.63, 3.8) is 0 Å². The summed E-state index contributed by atoms with van der Waals surface area (Å²) < 4.78 is 0. The Balaban J connectivity index is 2.57. The largest absolute Gasteiger partial charge is 0.288 e. The van der Waals surface area contributed by atoms with Crippen molar-refractivity contribution >= 4 is 17.6 Å². The molecular weight excluding hydrogens is 168 g/mol. The Labute approximate surface area is 76.7 Å². The van der Waals surface area contributed by atoms with Crippen molar-refractivity contribution in [2.75, 3.05) is 0 Å². The molecule has 1 N–H and O–H groups in total. The van der Waals surface area contributed by atoms with Crippen LogP contribution in [0.15, 0.2) is 12.2 Å². The van der Waals surface area contributed by atoms with Crippen molar-refractivity contribution < 1.29 is 9.59 Å². The van der Waals surface area contributed by atoms with Crippen molar-refractivity contribution in [1.82, 2.24) is 4.90 Å². The Kier molecular flexibility index (Phi) is 2.95. The molecule has 0 spiro atoms. The lowest BCUT2D eigenvalue weighted by Gasteiger charge is -2.13. The molecule has 1 rings (SSSR count). The summed E-state index contributed by atoms with van der Waals surface area (Å²) in [4.78, 5) is 23.0. The van der Waals surface area contributed by atoms with Crippen molar-refractivity contribution in [2.45, 2.75) is 26.2 Å². The summed E-state index contributed by atoms with van der Waals surface area (Å²) in [5.74, 6) is -0.695. The van der Waals surface area contributed by atoms with Crippen LogP contribution in [0.2, 0.25) is 0 Å². The van der Waals surface area contributed by atoms with E-state index in [9.17, 15) is 9.59 Å². The van der Waals surface area contributed by atoms with Gasteiger partial charge in [-0.2, -0.15) is 0 Å². The number of rotatable bonds is 3. The summed E-state index contributed by atoms with van der Waals surface area (Å²) in [7, 11) is 0. The van der Waals surface area contributed by atoms with Gasteiger partial charge in [0.2, 0.25) is 0 Å². The van der Waals surface area contributed by atoms with Gasteiger partial charge in [0.1, 0.15) is 5.84 Å². The minimum Gasteiger partial charge on any atom is -0.288 e. The first-order chi connectivity index (χ1) is 6.16. The van der Waals surface area contributed by atoms with Gasteiger partial charge >= 0.3 is 0 Å². The quantitative estimate of drug-likeness (QED) is 0.401. The van der Waals surface area contributed by atoms with Crippen LogP contribution in [0, 0.1) is 5.41 Å². The third kappa shape index (κ3) is 2.02. The van der Waals surface area contributed by atoms with E-state index in [0.29, 0.717) is 6.42 Å². The summed E-state index contributed by atoms with van der Waals surface area (Å²) in [6.07, 6.45) is 4.66. The molecule has 0 fully saturated rings. The van der Waals surface area contributed by atoms with Crippen LogP contribution in [-0.2, 0) is 9.59 Å². The number of hydrogen-bond donors (Lipinski definition) is 1. The molecule has 1 heterocycles. The van der Waals surface area contributed by atoms with Crippen LogP contribution in [0.4, 0.5) is 0 Å². The number of unbranched alkanes of at least 4 members (excludes halogenated alkanes) is 1. The highest BCUT2D eigenvalue weighted by Crippen LogP contribution is 2.08. The molecule has 1 aliphatic rings.